The van der Waals surface area contributed by atoms with Gasteiger partial charge in [-0.3, -0.25) is 0 Å². The summed E-state index contributed by atoms with van der Waals surface area (Å²) < 4.78 is 6.38. The minimum absolute atomic E-state index is 0.0152. The van der Waals surface area contributed by atoms with E-state index in [0.29, 0.717) is 25.9 Å². The second-order valence-corrected chi connectivity index (χ2v) is 7.85. The molecule has 4 nitrogen and oxygen atoms in total. The highest BCUT2D eigenvalue weighted by Gasteiger charge is 2.54. The number of hydrogen-bond donors (Lipinski definition) is 1. The summed E-state index contributed by atoms with van der Waals surface area (Å²) in [4.78, 5) is 12.6. The van der Waals surface area contributed by atoms with E-state index in [4.69, 9.17) is 16.3 Å². The number of rotatable bonds is 0. The lowest BCUT2D eigenvalue weighted by atomic mass is 9.65. The van der Waals surface area contributed by atoms with Crippen LogP contribution in [0.5, 0.6) is 5.75 Å². The Morgan fingerprint density at radius 2 is 2.00 bits per heavy atom. The number of fused-ring (bicyclic) bond motifs is 1. The van der Waals surface area contributed by atoms with Crippen molar-refractivity contribution < 1.29 is 14.6 Å². The third kappa shape index (κ3) is 2.43. The molecular weight excluding hydrogens is 302 g/mol. The van der Waals surface area contributed by atoms with E-state index in [9.17, 15) is 9.90 Å². The molecule has 1 aromatic rings. The van der Waals surface area contributed by atoms with Crippen LogP contribution < -0.4 is 4.74 Å². The highest BCUT2D eigenvalue weighted by molar-refractivity contribution is 6.30. The van der Waals surface area contributed by atoms with Crippen molar-refractivity contribution in [3.63, 3.8) is 0 Å². The van der Waals surface area contributed by atoms with Crippen molar-refractivity contribution in [3.05, 3.63) is 28.8 Å². The molecule has 1 N–H and O–H groups in total. The van der Waals surface area contributed by atoms with Gasteiger partial charge in [-0.05, 0) is 23.6 Å². The highest BCUT2D eigenvalue weighted by Crippen LogP contribution is 2.57. The smallest absolute Gasteiger partial charge is 0.407 e. The van der Waals surface area contributed by atoms with Gasteiger partial charge in [-0.1, -0.05) is 32.4 Å². The van der Waals surface area contributed by atoms with E-state index in [1.54, 1.807) is 0 Å². The van der Waals surface area contributed by atoms with Gasteiger partial charge in [0.25, 0.3) is 0 Å². The van der Waals surface area contributed by atoms with E-state index >= 15 is 0 Å². The van der Waals surface area contributed by atoms with Gasteiger partial charge in [-0.2, -0.15) is 0 Å². The average Bonchev–Trinajstić information content (AvgIpc) is 2.71. The first kappa shape index (κ1) is 15.5. The molecule has 1 amide bonds. The zero-order chi connectivity index (χ0) is 16.1. The molecule has 1 saturated heterocycles. The molecule has 0 aromatic heterocycles. The predicted octanol–water partition coefficient (Wildman–Crippen LogP) is 4.37. The number of likely N-dealkylation sites (tertiary alicyclic amines) is 1. The molecule has 1 aromatic carbocycles. The number of benzene rings is 1. The normalized spacial score (nSPS) is 23.3. The van der Waals surface area contributed by atoms with Crippen molar-refractivity contribution in [3.8, 4) is 5.75 Å². The zero-order valence-corrected chi connectivity index (χ0v) is 14.0. The van der Waals surface area contributed by atoms with Crippen LogP contribution in [0.1, 0.15) is 45.1 Å². The average molecular weight is 324 g/mol. The molecule has 0 aliphatic carbocycles. The van der Waals surface area contributed by atoms with Crippen LogP contribution in [0.15, 0.2) is 18.2 Å². The fourth-order valence-electron chi connectivity index (χ4n) is 4.12. The summed E-state index contributed by atoms with van der Waals surface area (Å²) in [5.41, 5.74) is 0.849. The van der Waals surface area contributed by atoms with Gasteiger partial charge in [-0.15, -0.1) is 0 Å². The molecule has 2 heterocycles. The third-order valence-corrected chi connectivity index (χ3v) is 5.10. The van der Waals surface area contributed by atoms with Crippen LogP contribution in [0.25, 0.3) is 0 Å². The predicted molar refractivity (Wildman–Crippen MR) is 85.8 cm³/mol. The standard InChI is InChI=1S/C17H22ClNO3/c1-16(2,3)14-12-10-11(18)4-5-13(12)22-17(14)6-8-19(9-7-17)15(20)21/h4-5,10,14H,6-9H2,1-3H3,(H,20,21). The van der Waals surface area contributed by atoms with Gasteiger partial charge in [0.1, 0.15) is 11.4 Å². The maximum atomic E-state index is 11.2. The van der Waals surface area contributed by atoms with Crippen molar-refractivity contribution in [1.29, 1.82) is 0 Å². The molecule has 1 fully saturated rings. The summed E-state index contributed by atoms with van der Waals surface area (Å²) in [5.74, 6) is 1.11. The topological polar surface area (TPSA) is 49.8 Å². The van der Waals surface area contributed by atoms with Crippen LogP contribution in [-0.2, 0) is 0 Å². The Labute approximate surface area is 136 Å². The molecule has 0 saturated carbocycles. The number of ether oxygens (including phenoxy) is 1. The first-order valence-electron chi connectivity index (χ1n) is 7.69. The minimum Gasteiger partial charge on any atom is -0.486 e. The zero-order valence-electron chi connectivity index (χ0n) is 13.2. The van der Waals surface area contributed by atoms with Crippen molar-refractivity contribution in [2.24, 2.45) is 5.41 Å². The van der Waals surface area contributed by atoms with Gasteiger partial charge >= 0.3 is 6.09 Å². The van der Waals surface area contributed by atoms with Gasteiger partial charge in [0.15, 0.2) is 0 Å². The lowest BCUT2D eigenvalue weighted by Crippen LogP contribution is -2.52. The minimum atomic E-state index is -0.847. The fraction of sp³-hybridized carbons (Fsp3) is 0.588. The molecule has 0 radical (unpaired) electrons. The summed E-state index contributed by atoms with van der Waals surface area (Å²) in [6.07, 6.45) is 0.585. The molecule has 1 unspecified atom stereocenters. The molecule has 3 rings (SSSR count). The van der Waals surface area contributed by atoms with Gasteiger partial charge in [0, 0.05) is 42.4 Å². The lowest BCUT2D eigenvalue weighted by Gasteiger charge is -2.45. The van der Waals surface area contributed by atoms with Gasteiger partial charge in [0.2, 0.25) is 0 Å². The molecule has 120 valence electrons. The Kier molecular flexibility index (Phi) is 3.55. The maximum Gasteiger partial charge on any atom is 0.407 e. The van der Waals surface area contributed by atoms with Crippen molar-refractivity contribution in [1.82, 2.24) is 4.90 Å². The van der Waals surface area contributed by atoms with E-state index in [-0.39, 0.29) is 16.9 Å². The van der Waals surface area contributed by atoms with Gasteiger partial charge in [0.05, 0.1) is 0 Å². The molecule has 2 aliphatic heterocycles. The van der Waals surface area contributed by atoms with E-state index < -0.39 is 6.09 Å². The molecular formula is C17H22ClNO3. The summed E-state index contributed by atoms with van der Waals surface area (Å²) in [7, 11) is 0. The number of nitrogens with zero attached hydrogens (tertiary/aromatic N) is 1. The number of halogens is 1. The summed E-state index contributed by atoms with van der Waals surface area (Å²) in [5, 5.41) is 9.89. The summed E-state index contributed by atoms with van der Waals surface area (Å²) in [6.45, 7) is 7.67. The maximum absolute atomic E-state index is 11.2. The Morgan fingerprint density at radius 1 is 1.36 bits per heavy atom. The Hall–Kier alpha value is -1.42. The third-order valence-electron chi connectivity index (χ3n) is 4.87. The van der Waals surface area contributed by atoms with E-state index in [2.05, 4.69) is 20.8 Å². The first-order valence-corrected chi connectivity index (χ1v) is 8.07. The monoisotopic (exact) mass is 323 g/mol. The van der Waals surface area contributed by atoms with Crippen molar-refractivity contribution in [2.45, 2.75) is 45.1 Å². The van der Waals surface area contributed by atoms with Crippen LogP contribution in [0.4, 0.5) is 4.79 Å². The van der Waals surface area contributed by atoms with Crippen LogP contribution in [-0.4, -0.2) is 34.8 Å². The molecule has 0 bridgehead atoms. The number of carbonyl (C=O) groups is 1. The Bertz CT molecular complexity index is 600. The molecule has 1 spiro atoms. The van der Waals surface area contributed by atoms with Crippen molar-refractivity contribution >= 4 is 17.7 Å². The number of amides is 1. The van der Waals surface area contributed by atoms with E-state index in [1.807, 2.05) is 18.2 Å². The molecule has 22 heavy (non-hydrogen) atoms. The largest absolute Gasteiger partial charge is 0.486 e. The first-order chi connectivity index (χ1) is 10.2. The van der Waals surface area contributed by atoms with Gasteiger partial charge < -0.3 is 14.7 Å². The van der Waals surface area contributed by atoms with Gasteiger partial charge in [-0.25, -0.2) is 4.79 Å². The summed E-state index contributed by atoms with van der Waals surface area (Å²) >= 11 is 6.19. The van der Waals surface area contributed by atoms with Crippen LogP contribution in [0, 0.1) is 5.41 Å². The molecule has 5 heteroatoms. The summed E-state index contributed by atoms with van der Waals surface area (Å²) in [6, 6.07) is 5.80. The number of piperidine rings is 1. The number of carboxylic acid groups (broad SMARTS) is 1. The fourth-order valence-corrected chi connectivity index (χ4v) is 4.30. The lowest BCUT2D eigenvalue weighted by molar-refractivity contribution is -0.0219. The molecule has 1 atom stereocenters. The SMILES string of the molecule is CC(C)(C)C1c2cc(Cl)ccc2OC12CCN(C(=O)O)CC2. The highest BCUT2D eigenvalue weighted by atomic mass is 35.5. The number of hydrogen-bond acceptors (Lipinski definition) is 2. The van der Waals surface area contributed by atoms with Crippen LogP contribution in [0.2, 0.25) is 5.02 Å². The Balaban J connectivity index is 1.98. The quantitative estimate of drug-likeness (QED) is 0.771. The second kappa shape index (κ2) is 5.05. The van der Waals surface area contributed by atoms with E-state index in [0.717, 1.165) is 16.3 Å². The Morgan fingerprint density at radius 3 is 2.55 bits per heavy atom. The van der Waals surface area contributed by atoms with Crippen LogP contribution in [0.3, 0.4) is 0 Å². The van der Waals surface area contributed by atoms with E-state index in [1.165, 1.54) is 4.90 Å². The van der Waals surface area contributed by atoms with Crippen molar-refractivity contribution in [2.75, 3.05) is 13.1 Å². The molecule has 2 aliphatic rings. The second-order valence-electron chi connectivity index (χ2n) is 7.42. The van der Waals surface area contributed by atoms with Crippen LogP contribution >= 0.6 is 11.6 Å².